The highest BCUT2D eigenvalue weighted by molar-refractivity contribution is 6.33. The van der Waals surface area contributed by atoms with E-state index in [0.29, 0.717) is 54.8 Å². The van der Waals surface area contributed by atoms with Gasteiger partial charge in [-0.05, 0) is 30.3 Å². The molecule has 2 aromatic carbocycles. The van der Waals surface area contributed by atoms with Crippen LogP contribution < -0.4 is 0 Å². The zero-order chi connectivity index (χ0) is 19.5. The number of rotatable bonds is 4. The van der Waals surface area contributed by atoms with E-state index in [1.807, 2.05) is 24.3 Å². The molecule has 0 atom stereocenters. The standard InChI is InChI=1S/C22H20ClFN2O2/c23-18-7-3-2-6-17(18)20-9-10-21(28-20)22(27)26-13-11-25(12-14-26)15-16-5-1-4-8-19(16)24/h1-10H,11-15H2. The minimum absolute atomic E-state index is 0.135. The fourth-order valence-electron chi connectivity index (χ4n) is 3.39. The molecule has 0 aliphatic carbocycles. The molecule has 144 valence electrons. The lowest BCUT2D eigenvalue weighted by Gasteiger charge is -2.34. The number of hydrogen-bond donors (Lipinski definition) is 0. The van der Waals surface area contributed by atoms with Crippen LogP contribution in [0.5, 0.6) is 0 Å². The van der Waals surface area contributed by atoms with Crippen LogP contribution >= 0.6 is 11.6 Å². The van der Waals surface area contributed by atoms with Crippen molar-refractivity contribution in [2.45, 2.75) is 6.54 Å². The van der Waals surface area contributed by atoms with Crippen LogP contribution in [0.1, 0.15) is 16.1 Å². The molecule has 2 heterocycles. The summed E-state index contributed by atoms with van der Waals surface area (Å²) in [7, 11) is 0. The van der Waals surface area contributed by atoms with Gasteiger partial charge in [0.2, 0.25) is 0 Å². The number of amides is 1. The maximum atomic E-state index is 13.8. The smallest absolute Gasteiger partial charge is 0.289 e. The molecule has 0 spiro atoms. The summed E-state index contributed by atoms with van der Waals surface area (Å²) in [6, 6.07) is 17.6. The molecule has 1 amide bonds. The van der Waals surface area contributed by atoms with Crippen LogP contribution in [0.4, 0.5) is 4.39 Å². The molecule has 6 heteroatoms. The van der Waals surface area contributed by atoms with E-state index >= 15 is 0 Å². The molecule has 0 N–H and O–H groups in total. The zero-order valence-corrected chi connectivity index (χ0v) is 16.0. The summed E-state index contributed by atoms with van der Waals surface area (Å²) in [4.78, 5) is 16.7. The fourth-order valence-corrected chi connectivity index (χ4v) is 3.62. The molecule has 4 rings (SSSR count). The third-order valence-corrected chi connectivity index (χ3v) is 5.30. The third-order valence-electron chi connectivity index (χ3n) is 4.97. The minimum atomic E-state index is -0.191. The number of furan rings is 1. The Morgan fingerprint density at radius 2 is 1.68 bits per heavy atom. The molecular weight excluding hydrogens is 379 g/mol. The van der Waals surface area contributed by atoms with Crippen LogP contribution in [0.15, 0.2) is 65.1 Å². The highest BCUT2D eigenvalue weighted by Gasteiger charge is 2.25. The van der Waals surface area contributed by atoms with E-state index in [9.17, 15) is 9.18 Å². The van der Waals surface area contributed by atoms with Crippen LogP contribution in [0, 0.1) is 5.82 Å². The molecule has 4 nitrogen and oxygen atoms in total. The molecule has 1 aromatic heterocycles. The molecule has 3 aromatic rings. The third kappa shape index (κ3) is 3.96. The molecule has 0 bridgehead atoms. The minimum Gasteiger partial charge on any atom is -0.451 e. The Balaban J connectivity index is 1.38. The van der Waals surface area contributed by atoms with Gasteiger partial charge in [0.15, 0.2) is 5.76 Å². The van der Waals surface area contributed by atoms with Crippen molar-refractivity contribution in [3.8, 4) is 11.3 Å². The Kier molecular flexibility index (Phi) is 5.46. The number of carbonyl (C=O) groups is 1. The van der Waals surface area contributed by atoms with E-state index in [4.69, 9.17) is 16.0 Å². The Labute approximate surface area is 168 Å². The summed E-state index contributed by atoms with van der Waals surface area (Å²) in [6.45, 7) is 3.09. The summed E-state index contributed by atoms with van der Waals surface area (Å²) >= 11 is 6.20. The summed E-state index contributed by atoms with van der Waals surface area (Å²) in [5.74, 6) is 0.553. The lowest BCUT2D eigenvalue weighted by atomic mass is 10.2. The van der Waals surface area contributed by atoms with E-state index in [1.54, 1.807) is 35.2 Å². The van der Waals surface area contributed by atoms with E-state index in [2.05, 4.69) is 4.90 Å². The van der Waals surface area contributed by atoms with Gasteiger partial charge in [0.05, 0.1) is 5.02 Å². The van der Waals surface area contributed by atoms with Gasteiger partial charge >= 0.3 is 0 Å². The van der Waals surface area contributed by atoms with Crippen LogP contribution in [-0.2, 0) is 6.54 Å². The van der Waals surface area contributed by atoms with E-state index < -0.39 is 0 Å². The van der Waals surface area contributed by atoms with Crippen LogP contribution in [0.2, 0.25) is 5.02 Å². The number of benzene rings is 2. The lowest BCUT2D eigenvalue weighted by molar-refractivity contribution is 0.0597. The van der Waals surface area contributed by atoms with Crippen LogP contribution in [0.3, 0.4) is 0 Å². The Bertz CT molecular complexity index is 980. The average molecular weight is 399 g/mol. The SMILES string of the molecule is O=C(c1ccc(-c2ccccc2Cl)o1)N1CCN(Cc2ccccc2F)CC1. The van der Waals surface area contributed by atoms with E-state index in [-0.39, 0.29) is 11.7 Å². The number of halogens is 2. The number of piperazine rings is 1. The van der Waals surface area contributed by atoms with Crippen molar-refractivity contribution in [2.75, 3.05) is 26.2 Å². The van der Waals surface area contributed by atoms with Crippen molar-refractivity contribution >= 4 is 17.5 Å². The second kappa shape index (κ2) is 8.17. The quantitative estimate of drug-likeness (QED) is 0.639. The monoisotopic (exact) mass is 398 g/mol. The number of carbonyl (C=O) groups excluding carboxylic acids is 1. The van der Waals surface area contributed by atoms with E-state index in [1.165, 1.54) is 6.07 Å². The Hall–Kier alpha value is -2.63. The molecule has 0 unspecified atom stereocenters. The maximum Gasteiger partial charge on any atom is 0.289 e. The lowest BCUT2D eigenvalue weighted by Crippen LogP contribution is -2.48. The first-order valence-corrected chi connectivity index (χ1v) is 9.59. The van der Waals surface area contributed by atoms with Crippen LogP contribution in [0.25, 0.3) is 11.3 Å². The summed E-state index contributed by atoms with van der Waals surface area (Å²) in [6.07, 6.45) is 0. The molecular formula is C22H20ClFN2O2. The molecule has 0 radical (unpaired) electrons. The summed E-state index contributed by atoms with van der Waals surface area (Å²) in [5, 5.41) is 0.581. The van der Waals surface area contributed by atoms with Gasteiger partial charge in [-0.15, -0.1) is 0 Å². The highest BCUT2D eigenvalue weighted by Crippen LogP contribution is 2.29. The summed E-state index contributed by atoms with van der Waals surface area (Å²) < 4.78 is 19.6. The molecule has 1 aliphatic rings. The Morgan fingerprint density at radius 3 is 2.43 bits per heavy atom. The number of nitrogens with zero attached hydrogens (tertiary/aromatic N) is 2. The molecule has 1 aliphatic heterocycles. The van der Waals surface area contributed by atoms with Gasteiger partial charge in [0.25, 0.3) is 5.91 Å². The topological polar surface area (TPSA) is 36.7 Å². The fraction of sp³-hybridized carbons (Fsp3) is 0.227. The molecule has 1 saturated heterocycles. The van der Waals surface area contributed by atoms with Gasteiger partial charge in [0.1, 0.15) is 11.6 Å². The van der Waals surface area contributed by atoms with Gasteiger partial charge in [0, 0.05) is 43.9 Å². The van der Waals surface area contributed by atoms with Gasteiger partial charge in [-0.1, -0.05) is 41.9 Å². The predicted octanol–water partition coefficient (Wildman–Crippen LogP) is 4.70. The highest BCUT2D eigenvalue weighted by atomic mass is 35.5. The van der Waals surface area contributed by atoms with Crippen molar-refractivity contribution in [1.82, 2.24) is 9.80 Å². The average Bonchev–Trinajstić information content (AvgIpc) is 3.20. The largest absolute Gasteiger partial charge is 0.451 e. The van der Waals surface area contributed by atoms with Gasteiger partial charge in [-0.25, -0.2) is 4.39 Å². The first kappa shape index (κ1) is 18.7. The predicted molar refractivity (Wildman–Crippen MR) is 107 cm³/mol. The van der Waals surface area contributed by atoms with Crippen LogP contribution in [-0.4, -0.2) is 41.9 Å². The van der Waals surface area contributed by atoms with Crippen molar-refractivity contribution in [2.24, 2.45) is 0 Å². The van der Waals surface area contributed by atoms with Gasteiger partial charge in [-0.2, -0.15) is 0 Å². The molecule has 0 saturated carbocycles. The van der Waals surface area contributed by atoms with Crippen molar-refractivity contribution in [3.05, 3.63) is 82.8 Å². The second-order valence-electron chi connectivity index (χ2n) is 6.80. The normalized spacial score (nSPS) is 15.0. The maximum absolute atomic E-state index is 13.8. The van der Waals surface area contributed by atoms with Gasteiger partial charge in [-0.3, -0.25) is 9.69 Å². The number of hydrogen-bond acceptors (Lipinski definition) is 3. The first-order chi connectivity index (χ1) is 13.6. The van der Waals surface area contributed by atoms with Crippen molar-refractivity contribution in [1.29, 1.82) is 0 Å². The van der Waals surface area contributed by atoms with E-state index in [0.717, 1.165) is 5.56 Å². The molecule has 28 heavy (non-hydrogen) atoms. The second-order valence-corrected chi connectivity index (χ2v) is 7.21. The zero-order valence-electron chi connectivity index (χ0n) is 15.3. The Morgan fingerprint density at radius 1 is 0.964 bits per heavy atom. The summed E-state index contributed by atoms with van der Waals surface area (Å²) in [5.41, 5.74) is 1.44. The first-order valence-electron chi connectivity index (χ1n) is 9.21. The van der Waals surface area contributed by atoms with Gasteiger partial charge < -0.3 is 9.32 Å². The van der Waals surface area contributed by atoms with Crippen molar-refractivity contribution < 1.29 is 13.6 Å². The molecule has 1 fully saturated rings. The van der Waals surface area contributed by atoms with Crippen molar-refractivity contribution in [3.63, 3.8) is 0 Å².